The summed E-state index contributed by atoms with van der Waals surface area (Å²) in [6.07, 6.45) is 0. The molecule has 0 unspecified atom stereocenters. The fraction of sp³-hybridized carbons (Fsp3) is 0.294. The molecule has 0 atom stereocenters. The second-order valence-corrected chi connectivity index (χ2v) is 5.70. The minimum Gasteiger partial charge on any atom is -0.481 e. The van der Waals surface area contributed by atoms with Gasteiger partial charge in [0.25, 0.3) is 17.4 Å². The maximum atomic E-state index is 13.5. The van der Waals surface area contributed by atoms with E-state index in [0.717, 1.165) is 0 Å². The summed E-state index contributed by atoms with van der Waals surface area (Å²) in [5, 5.41) is 5.93. The van der Waals surface area contributed by atoms with Crippen LogP contribution >= 0.6 is 0 Å². The molecule has 1 aromatic heterocycles. The summed E-state index contributed by atoms with van der Waals surface area (Å²) in [4.78, 5) is 38.6. The molecule has 1 aromatic carbocycles. The number of nitrogens with zero attached hydrogens (tertiary/aromatic N) is 3. The Labute approximate surface area is 148 Å². The van der Waals surface area contributed by atoms with E-state index < -0.39 is 5.82 Å². The Morgan fingerprint density at radius 3 is 2.42 bits per heavy atom. The Morgan fingerprint density at radius 1 is 1.08 bits per heavy atom. The number of hydrogen-bond acceptors (Lipinski definition) is 5. The van der Waals surface area contributed by atoms with E-state index in [4.69, 9.17) is 4.74 Å². The van der Waals surface area contributed by atoms with Crippen molar-refractivity contribution in [3.05, 3.63) is 58.3 Å². The SMILES string of the molecule is O=C(COc1ccccc1F)N1CCN(C(=O)c2ccc(=O)[nH]n2)CC1. The van der Waals surface area contributed by atoms with Crippen molar-refractivity contribution in [3.8, 4) is 5.75 Å². The van der Waals surface area contributed by atoms with Gasteiger partial charge in [0.2, 0.25) is 0 Å². The van der Waals surface area contributed by atoms with Crippen LogP contribution in [0.3, 0.4) is 0 Å². The molecule has 0 saturated carbocycles. The summed E-state index contributed by atoms with van der Waals surface area (Å²) >= 11 is 0. The van der Waals surface area contributed by atoms with Crippen molar-refractivity contribution in [3.63, 3.8) is 0 Å². The van der Waals surface area contributed by atoms with Gasteiger partial charge in [0.05, 0.1) is 0 Å². The van der Waals surface area contributed by atoms with Crippen molar-refractivity contribution in [2.24, 2.45) is 0 Å². The van der Waals surface area contributed by atoms with Gasteiger partial charge < -0.3 is 14.5 Å². The van der Waals surface area contributed by atoms with Crippen LogP contribution < -0.4 is 10.3 Å². The van der Waals surface area contributed by atoms with E-state index in [9.17, 15) is 18.8 Å². The fourth-order valence-corrected chi connectivity index (χ4v) is 2.58. The summed E-state index contributed by atoms with van der Waals surface area (Å²) in [5.41, 5.74) is -0.237. The minimum absolute atomic E-state index is 0.0267. The monoisotopic (exact) mass is 360 g/mol. The molecule has 1 aliphatic rings. The lowest BCUT2D eigenvalue weighted by Gasteiger charge is -2.34. The molecule has 136 valence electrons. The van der Waals surface area contributed by atoms with Crippen molar-refractivity contribution in [1.29, 1.82) is 0 Å². The number of para-hydroxylation sites is 1. The van der Waals surface area contributed by atoms with Gasteiger partial charge in [-0.3, -0.25) is 14.4 Å². The van der Waals surface area contributed by atoms with Crippen molar-refractivity contribution >= 4 is 11.8 Å². The Bertz CT molecular complexity index is 841. The molecule has 1 fully saturated rings. The molecule has 0 bridgehead atoms. The maximum absolute atomic E-state index is 13.5. The van der Waals surface area contributed by atoms with E-state index in [2.05, 4.69) is 10.2 Å². The lowest BCUT2D eigenvalue weighted by Crippen LogP contribution is -2.51. The average molecular weight is 360 g/mol. The highest BCUT2D eigenvalue weighted by Gasteiger charge is 2.25. The van der Waals surface area contributed by atoms with Crippen LogP contribution in [0.15, 0.2) is 41.2 Å². The van der Waals surface area contributed by atoms with Crippen molar-refractivity contribution in [2.45, 2.75) is 0 Å². The number of H-pyrrole nitrogens is 1. The second kappa shape index (κ2) is 7.77. The Balaban J connectivity index is 1.50. The van der Waals surface area contributed by atoms with Crippen LogP contribution in [0.1, 0.15) is 10.5 Å². The number of carbonyl (C=O) groups excluding carboxylic acids is 2. The number of aromatic amines is 1. The third-order valence-electron chi connectivity index (χ3n) is 4.01. The van der Waals surface area contributed by atoms with Gasteiger partial charge in [-0.2, -0.15) is 5.10 Å². The molecule has 1 aliphatic heterocycles. The van der Waals surface area contributed by atoms with Crippen LogP contribution in [0.25, 0.3) is 0 Å². The van der Waals surface area contributed by atoms with Gasteiger partial charge in [0.15, 0.2) is 18.2 Å². The molecule has 1 N–H and O–H groups in total. The summed E-state index contributed by atoms with van der Waals surface area (Å²) in [5.74, 6) is -1.08. The van der Waals surface area contributed by atoms with Gasteiger partial charge in [-0.05, 0) is 18.2 Å². The number of benzene rings is 1. The van der Waals surface area contributed by atoms with Crippen LogP contribution in [-0.4, -0.2) is 64.6 Å². The normalized spacial score (nSPS) is 14.2. The summed E-state index contributed by atoms with van der Waals surface area (Å²) in [6, 6.07) is 8.47. The zero-order chi connectivity index (χ0) is 18.5. The van der Waals surface area contributed by atoms with Crippen LogP contribution in [0, 0.1) is 5.82 Å². The number of ether oxygens (including phenoxy) is 1. The third kappa shape index (κ3) is 4.05. The van der Waals surface area contributed by atoms with E-state index in [1.54, 1.807) is 15.9 Å². The van der Waals surface area contributed by atoms with Gasteiger partial charge in [0.1, 0.15) is 5.69 Å². The molecule has 0 radical (unpaired) electrons. The maximum Gasteiger partial charge on any atom is 0.274 e. The number of nitrogens with one attached hydrogen (secondary N) is 1. The molecule has 1 saturated heterocycles. The first-order valence-corrected chi connectivity index (χ1v) is 8.05. The van der Waals surface area contributed by atoms with E-state index in [1.807, 2.05) is 0 Å². The van der Waals surface area contributed by atoms with Crippen LogP contribution in [0.4, 0.5) is 4.39 Å². The highest BCUT2D eigenvalue weighted by Crippen LogP contribution is 2.15. The second-order valence-electron chi connectivity index (χ2n) is 5.70. The van der Waals surface area contributed by atoms with Gasteiger partial charge in [-0.1, -0.05) is 12.1 Å². The molecule has 9 heteroatoms. The van der Waals surface area contributed by atoms with E-state index in [-0.39, 0.29) is 35.4 Å². The topological polar surface area (TPSA) is 95.6 Å². The number of piperazine rings is 1. The van der Waals surface area contributed by atoms with Crippen LogP contribution in [0.5, 0.6) is 5.75 Å². The van der Waals surface area contributed by atoms with Crippen LogP contribution in [0.2, 0.25) is 0 Å². The minimum atomic E-state index is -0.524. The average Bonchev–Trinajstić information content (AvgIpc) is 2.67. The third-order valence-corrected chi connectivity index (χ3v) is 4.01. The number of halogens is 1. The quantitative estimate of drug-likeness (QED) is 0.845. The van der Waals surface area contributed by atoms with E-state index >= 15 is 0 Å². The molecule has 0 aliphatic carbocycles. The van der Waals surface area contributed by atoms with Crippen molar-refractivity contribution in [1.82, 2.24) is 20.0 Å². The summed E-state index contributed by atoms with van der Waals surface area (Å²) in [7, 11) is 0. The molecular formula is C17H17FN4O4. The molecule has 8 nitrogen and oxygen atoms in total. The number of carbonyl (C=O) groups is 2. The standard InChI is InChI=1S/C17H17FN4O4/c18-12-3-1-2-4-14(12)26-11-16(24)21-7-9-22(10-8-21)17(25)13-5-6-15(23)20-19-13/h1-6H,7-11H2,(H,20,23). The molecule has 3 rings (SSSR count). The Kier molecular flexibility index (Phi) is 5.26. The predicted octanol–water partition coefficient (Wildman–Crippen LogP) is 0.272. The van der Waals surface area contributed by atoms with Gasteiger partial charge in [0, 0.05) is 32.2 Å². The molecule has 2 heterocycles. The van der Waals surface area contributed by atoms with E-state index in [0.29, 0.717) is 26.2 Å². The molecule has 0 spiro atoms. The van der Waals surface area contributed by atoms with Gasteiger partial charge in [-0.15, -0.1) is 0 Å². The number of rotatable bonds is 4. The largest absolute Gasteiger partial charge is 0.481 e. The first-order chi connectivity index (χ1) is 12.5. The van der Waals surface area contributed by atoms with Gasteiger partial charge >= 0.3 is 0 Å². The number of amides is 2. The highest BCUT2D eigenvalue weighted by molar-refractivity contribution is 5.92. The lowest BCUT2D eigenvalue weighted by molar-refractivity contribution is -0.134. The van der Waals surface area contributed by atoms with Crippen molar-refractivity contribution in [2.75, 3.05) is 32.8 Å². The van der Waals surface area contributed by atoms with Crippen molar-refractivity contribution < 1.29 is 18.7 Å². The van der Waals surface area contributed by atoms with Crippen LogP contribution in [-0.2, 0) is 4.79 Å². The summed E-state index contributed by atoms with van der Waals surface area (Å²) in [6.45, 7) is 1.09. The molecular weight excluding hydrogens is 343 g/mol. The summed E-state index contributed by atoms with van der Waals surface area (Å²) < 4.78 is 18.7. The zero-order valence-corrected chi connectivity index (χ0v) is 13.9. The molecule has 2 amide bonds. The zero-order valence-electron chi connectivity index (χ0n) is 13.9. The first kappa shape index (κ1) is 17.6. The molecule has 26 heavy (non-hydrogen) atoms. The molecule has 2 aromatic rings. The smallest absolute Gasteiger partial charge is 0.274 e. The fourth-order valence-electron chi connectivity index (χ4n) is 2.58. The van der Waals surface area contributed by atoms with E-state index in [1.165, 1.54) is 30.3 Å². The van der Waals surface area contributed by atoms with Gasteiger partial charge in [-0.25, -0.2) is 9.49 Å². The first-order valence-electron chi connectivity index (χ1n) is 8.05. The predicted molar refractivity (Wildman–Crippen MR) is 89.2 cm³/mol. The number of aromatic nitrogens is 2. The highest BCUT2D eigenvalue weighted by atomic mass is 19.1. The number of hydrogen-bond donors (Lipinski definition) is 1. The lowest BCUT2D eigenvalue weighted by atomic mass is 10.2. The Morgan fingerprint density at radius 2 is 1.77 bits per heavy atom. The Hall–Kier alpha value is -3.23.